The first-order chi connectivity index (χ1) is 8.13. The van der Waals surface area contributed by atoms with Gasteiger partial charge in [-0.25, -0.2) is 0 Å². The van der Waals surface area contributed by atoms with Crippen molar-refractivity contribution in [2.24, 2.45) is 0 Å². The van der Waals surface area contributed by atoms with E-state index in [0.717, 1.165) is 16.6 Å². The van der Waals surface area contributed by atoms with Crippen LogP contribution in [0.3, 0.4) is 0 Å². The Morgan fingerprint density at radius 2 is 2.12 bits per heavy atom. The summed E-state index contributed by atoms with van der Waals surface area (Å²) in [5.74, 6) is 0.0571. The van der Waals surface area contributed by atoms with E-state index >= 15 is 0 Å². The van der Waals surface area contributed by atoms with Gasteiger partial charge in [-0.15, -0.1) is 0 Å². The summed E-state index contributed by atoms with van der Waals surface area (Å²) in [5.41, 5.74) is 1.01. The lowest BCUT2D eigenvalue weighted by atomic mass is 10.1. The molecule has 17 heavy (non-hydrogen) atoms. The van der Waals surface area contributed by atoms with E-state index < -0.39 is 0 Å². The van der Waals surface area contributed by atoms with Crippen molar-refractivity contribution in [3.8, 4) is 0 Å². The first-order valence-corrected chi connectivity index (χ1v) is 6.66. The number of nitrogens with one attached hydrogen (secondary N) is 2. The van der Waals surface area contributed by atoms with Crippen LogP contribution in [0.1, 0.15) is 19.4 Å². The lowest BCUT2D eigenvalue weighted by Gasteiger charge is -2.13. The Bertz CT molecular complexity index is 368. The second-order valence-corrected chi connectivity index (χ2v) is 4.89. The van der Waals surface area contributed by atoms with Gasteiger partial charge in [-0.1, -0.05) is 41.1 Å². The van der Waals surface area contributed by atoms with E-state index in [4.69, 9.17) is 0 Å². The summed E-state index contributed by atoms with van der Waals surface area (Å²) in [5, 5.41) is 6.17. The average Bonchev–Trinajstić information content (AvgIpc) is 2.30. The number of hydrogen-bond acceptors (Lipinski definition) is 2. The van der Waals surface area contributed by atoms with Crippen LogP contribution in [-0.2, 0) is 11.2 Å². The minimum absolute atomic E-state index is 0.0571. The molecule has 0 heterocycles. The lowest BCUT2D eigenvalue weighted by Crippen LogP contribution is -2.39. The number of carbonyl (C=O) groups is 1. The first kappa shape index (κ1) is 14.2. The molecule has 0 spiro atoms. The zero-order valence-corrected chi connectivity index (χ0v) is 11.9. The van der Waals surface area contributed by atoms with E-state index in [1.807, 2.05) is 24.3 Å². The van der Waals surface area contributed by atoms with Gasteiger partial charge in [0.05, 0.1) is 6.42 Å². The van der Waals surface area contributed by atoms with Crippen LogP contribution in [0.15, 0.2) is 28.7 Å². The van der Waals surface area contributed by atoms with Gasteiger partial charge in [0.25, 0.3) is 0 Å². The number of amides is 1. The van der Waals surface area contributed by atoms with Crippen molar-refractivity contribution < 1.29 is 4.79 Å². The predicted molar refractivity (Wildman–Crippen MR) is 74.0 cm³/mol. The van der Waals surface area contributed by atoms with Crippen molar-refractivity contribution in [2.45, 2.75) is 26.3 Å². The molecule has 1 amide bonds. The fourth-order valence-corrected chi connectivity index (χ4v) is 1.99. The zero-order valence-electron chi connectivity index (χ0n) is 10.3. The van der Waals surface area contributed by atoms with Crippen molar-refractivity contribution in [1.29, 1.82) is 0 Å². The number of halogens is 1. The third kappa shape index (κ3) is 5.33. The van der Waals surface area contributed by atoms with E-state index in [1.165, 1.54) is 0 Å². The van der Waals surface area contributed by atoms with Gasteiger partial charge in [-0.05, 0) is 25.1 Å². The van der Waals surface area contributed by atoms with E-state index in [1.54, 1.807) is 0 Å². The highest BCUT2D eigenvalue weighted by Crippen LogP contribution is 2.15. The summed E-state index contributed by atoms with van der Waals surface area (Å²) >= 11 is 3.44. The SMILES string of the molecule is CCN[C@H](C)CNC(=O)Cc1ccccc1Br. The highest BCUT2D eigenvalue weighted by atomic mass is 79.9. The van der Waals surface area contributed by atoms with Crippen LogP contribution in [-0.4, -0.2) is 25.0 Å². The third-order valence-electron chi connectivity index (χ3n) is 2.47. The maximum atomic E-state index is 11.7. The molecule has 2 N–H and O–H groups in total. The van der Waals surface area contributed by atoms with Crippen LogP contribution < -0.4 is 10.6 Å². The van der Waals surface area contributed by atoms with Crippen molar-refractivity contribution in [2.75, 3.05) is 13.1 Å². The van der Waals surface area contributed by atoms with E-state index in [2.05, 4.69) is 40.4 Å². The third-order valence-corrected chi connectivity index (χ3v) is 3.24. The second kappa shape index (κ2) is 7.45. The van der Waals surface area contributed by atoms with Crippen LogP contribution in [0.4, 0.5) is 0 Å². The molecule has 1 aromatic rings. The molecule has 1 rings (SSSR count). The number of benzene rings is 1. The molecule has 0 saturated heterocycles. The molecule has 0 aliphatic rings. The fourth-order valence-electron chi connectivity index (χ4n) is 1.56. The van der Waals surface area contributed by atoms with E-state index in [0.29, 0.717) is 19.0 Å². The molecule has 0 radical (unpaired) electrons. The Hall–Kier alpha value is -0.870. The van der Waals surface area contributed by atoms with Crippen LogP contribution >= 0.6 is 15.9 Å². The number of rotatable bonds is 6. The molecule has 1 atom stereocenters. The highest BCUT2D eigenvalue weighted by Gasteiger charge is 2.07. The minimum Gasteiger partial charge on any atom is -0.354 e. The first-order valence-electron chi connectivity index (χ1n) is 5.87. The Morgan fingerprint density at radius 1 is 1.41 bits per heavy atom. The largest absolute Gasteiger partial charge is 0.354 e. The van der Waals surface area contributed by atoms with Crippen LogP contribution in [0.2, 0.25) is 0 Å². The molecule has 0 bridgehead atoms. The number of likely N-dealkylation sites (N-methyl/N-ethyl adjacent to an activating group) is 1. The van der Waals surface area contributed by atoms with Crippen LogP contribution in [0, 0.1) is 0 Å². The van der Waals surface area contributed by atoms with Crippen molar-refractivity contribution >= 4 is 21.8 Å². The Kier molecular flexibility index (Phi) is 6.22. The van der Waals surface area contributed by atoms with Gasteiger partial charge in [0, 0.05) is 17.1 Å². The minimum atomic E-state index is 0.0571. The van der Waals surface area contributed by atoms with Gasteiger partial charge in [-0.2, -0.15) is 0 Å². The second-order valence-electron chi connectivity index (χ2n) is 4.03. The summed E-state index contributed by atoms with van der Waals surface area (Å²) in [6, 6.07) is 8.09. The van der Waals surface area contributed by atoms with Crippen molar-refractivity contribution in [3.63, 3.8) is 0 Å². The lowest BCUT2D eigenvalue weighted by molar-refractivity contribution is -0.120. The Balaban J connectivity index is 2.37. The summed E-state index contributed by atoms with van der Waals surface area (Å²) in [4.78, 5) is 11.7. The molecule has 0 unspecified atom stereocenters. The van der Waals surface area contributed by atoms with Gasteiger partial charge >= 0.3 is 0 Å². The van der Waals surface area contributed by atoms with Gasteiger partial charge in [0.1, 0.15) is 0 Å². The summed E-state index contributed by atoms with van der Waals surface area (Å²) in [6.45, 7) is 5.69. The molecule has 0 aromatic heterocycles. The molecule has 1 aromatic carbocycles. The molecule has 4 heteroatoms. The van der Waals surface area contributed by atoms with E-state index in [9.17, 15) is 4.79 Å². The Morgan fingerprint density at radius 3 is 2.76 bits per heavy atom. The highest BCUT2D eigenvalue weighted by molar-refractivity contribution is 9.10. The maximum Gasteiger partial charge on any atom is 0.224 e. The molecule has 0 aliphatic heterocycles. The summed E-state index contributed by atoms with van der Waals surface area (Å²) in [6.07, 6.45) is 0.417. The zero-order chi connectivity index (χ0) is 12.7. The molecule has 0 fully saturated rings. The Labute approximate surface area is 111 Å². The number of carbonyl (C=O) groups excluding carboxylic acids is 1. The van der Waals surface area contributed by atoms with Crippen molar-refractivity contribution in [1.82, 2.24) is 10.6 Å². The molecule has 3 nitrogen and oxygen atoms in total. The van der Waals surface area contributed by atoms with Crippen molar-refractivity contribution in [3.05, 3.63) is 34.3 Å². The number of hydrogen-bond donors (Lipinski definition) is 2. The predicted octanol–water partition coefficient (Wildman–Crippen LogP) is 2.11. The maximum absolute atomic E-state index is 11.7. The van der Waals surface area contributed by atoms with Gasteiger partial charge in [-0.3, -0.25) is 4.79 Å². The van der Waals surface area contributed by atoms with E-state index in [-0.39, 0.29) is 5.91 Å². The molecule has 0 saturated carbocycles. The topological polar surface area (TPSA) is 41.1 Å². The van der Waals surface area contributed by atoms with Gasteiger partial charge in [0.15, 0.2) is 0 Å². The summed E-state index contributed by atoms with van der Waals surface area (Å²) in [7, 11) is 0. The molecule has 94 valence electrons. The fraction of sp³-hybridized carbons (Fsp3) is 0.462. The standard InChI is InChI=1S/C13H19BrN2O/c1-3-15-10(2)9-16-13(17)8-11-6-4-5-7-12(11)14/h4-7,10,15H,3,8-9H2,1-2H3,(H,16,17)/t10-/m1/s1. The van der Waals surface area contributed by atoms with Gasteiger partial charge in [0.2, 0.25) is 5.91 Å². The molecular weight excluding hydrogens is 280 g/mol. The van der Waals surface area contributed by atoms with Gasteiger partial charge < -0.3 is 10.6 Å². The monoisotopic (exact) mass is 298 g/mol. The van der Waals surface area contributed by atoms with Crippen LogP contribution in [0.5, 0.6) is 0 Å². The smallest absolute Gasteiger partial charge is 0.224 e. The normalized spacial score (nSPS) is 12.2. The molecular formula is C13H19BrN2O. The molecule has 0 aliphatic carbocycles. The average molecular weight is 299 g/mol. The van der Waals surface area contributed by atoms with Crippen LogP contribution in [0.25, 0.3) is 0 Å². The quantitative estimate of drug-likeness (QED) is 0.844. The summed E-state index contributed by atoms with van der Waals surface area (Å²) < 4.78 is 0.981.